The lowest BCUT2D eigenvalue weighted by atomic mass is 9.97. The average Bonchev–Trinajstić information content (AvgIpc) is 2.56. The topological polar surface area (TPSA) is 54.7 Å². The van der Waals surface area contributed by atoms with E-state index in [0.717, 1.165) is 12.3 Å². The summed E-state index contributed by atoms with van der Waals surface area (Å²) >= 11 is 0. The number of rotatable bonds is 2. The van der Waals surface area contributed by atoms with Gasteiger partial charge >= 0.3 is 0 Å². The Morgan fingerprint density at radius 1 is 1.69 bits per heavy atom. The third-order valence-corrected chi connectivity index (χ3v) is 3.48. The Balaban J connectivity index is 2.41. The van der Waals surface area contributed by atoms with Gasteiger partial charge in [-0.15, -0.1) is 0 Å². The van der Waals surface area contributed by atoms with Crippen molar-refractivity contribution in [1.82, 2.24) is 10.2 Å². The van der Waals surface area contributed by atoms with Gasteiger partial charge in [0, 0.05) is 16.7 Å². The maximum atomic E-state index is 5.78. The minimum atomic E-state index is 0.315. The zero-order chi connectivity index (χ0) is 9.64. The smallest absolute Gasteiger partial charge is 0.148 e. The number of hydrogen-bond donors (Lipinski definition) is 2. The van der Waals surface area contributed by atoms with Crippen LogP contribution in [0.15, 0.2) is 0 Å². The molecule has 3 nitrogen and oxygen atoms in total. The van der Waals surface area contributed by atoms with Crippen LogP contribution >= 0.6 is 0 Å². The zero-order valence-corrected chi connectivity index (χ0v) is 8.52. The molecule has 0 bridgehead atoms. The highest BCUT2D eigenvalue weighted by molar-refractivity contribution is 5.47. The summed E-state index contributed by atoms with van der Waals surface area (Å²) in [6.45, 7) is 6.68. The molecule has 1 saturated carbocycles. The number of nitrogens with two attached hydrogens (primary N) is 1. The molecule has 0 spiro atoms. The third kappa shape index (κ3) is 1.06. The number of anilines is 1. The highest BCUT2D eigenvalue weighted by Gasteiger charge is 2.50. The summed E-state index contributed by atoms with van der Waals surface area (Å²) in [6, 6.07) is 0. The molecule has 1 fully saturated rings. The first-order valence-electron chi connectivity index (χ1n) is 4.92. The monoisotopic (exact) mass is 179 g/mol. The van der Waals surface area contributed by atoms with Gasteiger partial charge in [-0.05, 0) is 18.8 Å². The summed E-state index contributed by atoms with van der Waals surface area (Å²) in [6.07, 6.45) is 2.22. The van der Waals surface area contributed by atoms with Crippen LogP contribution in [0.4, 0.5) is 5.82 Å². The second-order valence-electron chi connectivity index (χ2n) is 4.34. The van der Waals surface area contributed by atoms with E-state index in [-0.39, 0.29) is 0 Å². The maximum Gasteiger partial charge on any atom is 0.148 e. The molecule has 0 aromatic carbocycles. The van der Waals surface area contributed by atoms with Crippen LogP contribution in [0.3, 0.4) is 0 Å². The number of nitrogen functional groups attached to an aromatic ring is 1. The zero-order valence-electron chi connectivity index (χ0n) is 8.52. The number of nitrogens with one attached hydrogen (secondary N) is 1. The molecule has 1 aromatic rings. The van der Waals surface area contributed by atoms with E-state index in [1.165, 1.54) is 17.7 Å². The number of aromatic amines is 1. The first-order valence-corrected chi connectivity index (χ1v) is 4.92. The standard InChI is InChI=1S/C10H17N3/c1-4-7-8(12-13-9(7)11)10(3)5-6(10)2/h6H,4-5H2,1-3H3,(H3,11,12,13). The lowest BCUT2D eigenvalue weighted by Crippen LogP contribution is -2.07. The lowest BCUT2D eigenvalue weighted by Gasteiger charge is -2.09. The molecule has 0 amide bonds. The van der Waals surface area contributed by atoms with Gasteiger partial charge < -0.3 is 5.73 Å². The first kappa shape index (κ1) is 8.60. The molecule has 2 unspecified atom stereocenters. The van der Waals surface area contributed by atoms with Crippen LogP contribution in [-0.4, -0.2) is 10.2 Å². The van der Waals surface area contributed by atoms with Crippen molar-refractivity contribution >= 4 is 5.82 Å². The van der Waals surface area contributed by atoms with Gasteiger partial charge in [0.25, 0.3) is 0 Å². The number of H-pyrrole nitrogens is 1. The van der Waals surface area contributed by atoms with Gasteiger partial charge in [-0.3, -0.25) is 5.10 Å². The summed E-state index contributed by atoms with van der Waals surface area (Å²) in [4.78, 5) is 0. The summed E-state index contributed by atoms with van der Waals surface area (Å²) in [5, 5.41) is 7.16. The SMILES string of the molecule is CCc1c(N)n[nH]c1C1(C)CC1C. The van der Waals surface area contributed by atoms with Crippen molar-refractivity contribution in [2.24, 2.45) is 5.92 Å². The van der Waals surface area contributed by atoms with Gasteiger partial charge in [0.05, 0.1) is 0 Å². The van der Waals surface area contributed by atoms with E-state index in [1.54, 1.807) is 0 Å². The molecule has 2 rings (SSSR count). The van der Waals surface area contributed by atoms with Crippen molar-refractivity contribution in [3.05, 3.63) is 11.3 Å². The summed E-state index contributed by atoms with van der Waals surface area (Å²) in [5.41, 5.74) is 8.57. The second-order valence-corrected chi connectivity index (χ2v) is 4.34. The summed E-state index contributed by atoms with van der Waals surface area (Å²) < 4.78 is 0. The Kier molecular flexibility index (Phi) is 1.65. The van der Waals surface area contributed by atoms with Crippen LogP contribution in [-0.2, 0) is 11.8 Å². The Bertz CT molecular complexity index is 329. The van der Waals surface area contributed by atoms with Crippen LogP contribution in [0.1, 0.15) is 38.4 Å². The van der Waals surface area contributed by atoms with Crippen LogP contribution in [0.2, 0.25) is 0 Å². The van der Waals surface area contributed by atoms with E-state index in [1.807, 2.05) is 0 Å². The van der Waals surface area contributed by atoms with Crippen molar-refractivity contribution in [1.29, 1.82) is 0 Å². The van der Waals surface area contributed by atoms with Crippen molar-refractivity contribution < 1.29 is 0 Å². The molecule has 0 aliphatic heterocycles. The fourth-order valence-electron chi connectivity index (χ4n) is 2.14. The van der Waals surface area contributed by atoms with E-state index < -0.39 is 0 Å². The summed E-state index contributed by atoms with van der Waals surface area (Å²) in [5.74, 6) is 1.44. The molecular weight excluding hydrogens is 162 g/mol. The largest absolute Gasteiger partial charge is 0.382 e. The van der Waals surface area contributed by atoms with E-state index in [0.29, 0.717) is 11.2 Å². The fraction of sp³-hybridized carbons (Fsp3) is 0.700. The van der Waals surface area contributed by atoms with Gasteiger partial charge in [-0.1, -0.05) is 20.8 Å². The van der Waals surface area contributed by atoms with Crippen LogP contribution in [0.5, 0.6) is 0 Å². The molecule has 13 heavy (non-hydrogen) atoms. The highest BCUT2D eigenvalue weighted by atomic mass is 15.2. The van der Waals surface area contributed by atoms with Crippen molar-refractivity contribution in [2.45, 2.75) is 39.0 Å². The molecule has 3 N–H and O–H groups in total. The molecule has 3 heteroatoms. The van der Waals surface area contributed by atoms with Gasteiger partial charge in [0.15, 0.2) is 0 Å². The van der Waals surface area contributed by atoms with Crippen molar-refractivity contribution in [3.63, 3.8) is 0 Å². The van der Waals surface area contributed by atoms with Crippen LogP contribution in [0.25, 0.3) is 0 Å². The minimum Gasteiger partial charge on any atom is -0.382 e. The van der Waals surface area contributed by atoms with E-state index in [4.69, 9.17) is 5.73 Å². The molecule has 1 aliphatic rings. The van der Waals surface area contributed by atoms with Gasteiger partial charge in [0.1, 0.15) is 5.82 Å². The van der Waals surface area contributed by atoms with Crippen LogP contribution < -0.4 is 5.73 Å². The molecule has 1 aromatic heterocycles. The quantitative estimate of drug-likeness (QED) is 0.728. The Hall–Kier alpha value is -0.990. The number of nitrogens with zero attached hydrogens (tertiary/aromatic N) is 1. The molecular formula is C10H17N3. The highest BCUT2D eigenvalue weighted by Crippen LogP contribution is 2.54. The van der Waals surface area contributed by atoms with Crippen molar-refractivity contribution in [3.8, 4) is 0 Å². The van der Waals surface area contributed by atoms with Crippen molar-refractivity contribution in [2.75, 3.05) is 5.73 Å². The number of aromatic nitrogens is 2. The Morgan fingerprint density at radius 3 is 2.77 bits per heavy atom. The second kappa shape index (κ2) is 2.50. The molecule has 2 atom stereocenters. The van der Waals surface area contributed by atoms with Gasteiger partial charge in [0.2, 0.25) is 0 Å². The van der Waals surface area contributed by atoms with E-state index >= 15 is 0 Å². The third-order valence-electron chi connectivity index (χ3n) is 3.48. The molecule has 72 valence electrons. The normalized spacial score (nSPS) is 32.1. The van der Waals surface area contributed by atoms with Crippen LogP contribution in [0, 0.1) is 5.92 Å². The molecule has 1 aliphatic carbocycles. The maximum absolute atomic E-state index is 5.78. The Labute approximate surface area is 78.7 Å². The predicted molar refractivity (Wildman–Crippen MR) is 53.5 cm³/mol. The molecule has 0 radical (unpaired) electrons. The molecule has 0 saturated heterocycles. The number of hydrogen-bond acceptors (Lipinski definition) is 2. The summed E-state index contributed by atoms with van der Waals surface area (Å²) in [7, 11) is 0. The van der Waals surface area contributed by atoms with Gasteiger partial charge in [-0.2, -0.15) is 5.10 Å². The van der Waals surface area contributed by atoms with E-state index in [9.17, 15) is 0 Å². The lowest BCUT2D eigenvalue weighted by molar-refractivity contribution is 0.664. The molecule has 1 heterocycles. The predicted octanol–water partition coefficient (Wildman–Crippen LogP) is 1.85. The van der Waals surface area contributed by atoms with Gasteiger partial charge in [-0.25, -0.2) is 0 Å². The first-order chi connectivity index (χ1) is 6.09. The Morgan fingerprint density at radius 2 is 2.31 bits per heavy atom. The average molecular weight is 179 g/mol. The van der Waals surface area contributed by atoms with E-state index in [2.05, 4.69) is 31.0 Å². The minimum absolute atomic E-state index is 0.315. The fourth-order valence-corrected chi connectivity index (χ4v) is 2.14.